The fourth-order valence-corrected chi connectivity index (χ4v) is 5.30. The van der Waals surface area contributed by atoms with Gasteiger partial charge in [0.15, 0.2) is 0 Å². The van der Waals surface area contributed by atoms with Crippen LogP contribution >= 0.6 is 35.1 Å². The molecule has 1 aliphatic heterocycles. The molecule has 2 aromatic rings. The number of hydrogen-bond donors (Lipinski definition) is 0. The van der Waals surface area contributed by atoms with Gasteiger partial charge in [-0.15, -0.1) is 23.5 Å². The standard InChI is InChI=1S/C19H19ClO3S2/c1-19(2,23-16-9-5-14(20)6-10-16)18(21)22-15-7-3-13(4-8-15)17-24-11-12-25-17/h3-10,17H,11-12H2,1-2H3. The number of esters is 1. The highest BCUT2D eigenvalue weighted by Crippen LogP contribution is 2.45. The third kappa shape index (κ3) is 4.87. The van der Waals surface area contributed by atoms with E-state index < -0.39 is 11.6 Å². The van der Waals surface area contributed by atoms with E-state index in [-0.39, 0.29) is 0 Å². The maximum Gasteiger partial charge on any atom is 0.355 e. The van der Waals surface area contributed by atoms with Gasteiger partial charge >= 0.3 is 5.97 Å². The first-order valence-corrected chi connectivity index (χ1v) is 10.4. The molecule has 132 valence electrons. The van der Waals surface area contributed by atoms with Crippen LogP contribution in [0.1, 0.15) is 24.0 Å². The lowest BCUT2D eigenvalue weighted by molar-refractivity contribution is -0.149. The smallest absolute Gasteiger partial charge is 0.355 e. The highest BCUT2D eigenvalue weighted by molar-refractivity contribution is 8.19. The van der Waals surface area contributed by atoms with Crippen LogP contribution < -0.4 is 9.47 Å². The van der Waals surface area contributed by atoms with Crippen molar-refractivity contribution in [2.45, 2.75) is 24.0 Å². The zero-order valence-electron chi connectivity index (χ0n) is 14.0. The molecule has 0 saturated carbocycles. The molecule has 3 rings (SSSR count). The topological polar surface area (TPSA) is 35.5 Å². The predicted molar refractivity (Wildman–Crippen MR) is 106 cm³/mol. The number of halogens is 1. The lowest BCUT2D eigenvalue weighted by atomic mass is 10.1. The number of carbonyl (C=O) groups is 1. The van der Waals surface area contributed by atoms with Gasteiger partial charge in [-0.25, -0.2) is 4.79 Å². The molecule has 0 spiro atoms. The van der Waals surface area contributed by atoms with Gasteiger partial charge in [-0.05, 0) is 55.8 Å². The molecule has 0 radical (unpaired) electrons. The summed E-state index contributed by atoms with van der Waals surface area (Å²) in [5.74, 6) is 3.01. The highest BCUT2D eigenvalue weighted by atomic mass is 35.5. The molecule has 1 saturated heterocycles. The molecule has 1 heterocycles. The van der Waals surface area contributed by atoms with Crippen molar-refractivity contribution in [1.29, 1.82) is 0 Å². The van der Waals surface area contributed by atoms with E-state index in [9.17, 15) is 4.79 Å². The van der Waals surface area contributed by atoms with Crippen LogP contribution in [0.5, 0.6) is 11.5 Å². The van der Waals surface area contributed by atoms with Gasteiger partial charge in [-0.2, -0.15) is 0 Å². The summed E-state index contributed by atoms with van der Waals surface area (Å²) >= 11 is 9.76. The molecule has 0 bridgehead atoms. The van der Waals surface area contributed by atoms with E-state index in [0.29, 0.717) is 21.1 Å². The number of carbonyl (C=O) groups excluding carboxylic acids is 1. The molecule has 0 N–H and O–H groups in total. The van der Waals surface area contributed by atoms with Gasteiger partial charge in [0.1, 0.15) is 11.5 Å². The van der Waals surface area contributed by atoms with Crippen molar-refractivity contribution >= 4 is 41.1 Å². The molecule has 0 aromatic heterocycles. The quantitative estimate of drug-likeness (QED) is 0.488. The molecule has 6 heteroatoms. The van der Waals surface area contributed by atoms with Crippen LogP contribution in [-0.4, -0.2) is 23.1 Å². The van der Waals surface area contributed by atoms with Gasteiger partial charge in [0.05, 0.1) is 4.58 Å². The zero-order valence-corrected chi connectivity index (χ0v) is 16.4. The SMILES string of the molecule is CC(C)(Oc1ccc(Cl)cc1)C(=O)Oc1ccc(C2SCCS2)cc1. The Morgan fingerprint density at radius 1 is 1.00 bits per heavy atom. The van der Waals surface area contributed by atoms with E-state index in [0.717, 1.165) is 0 Å². The molecule has 2 aromatic carbocycles. The van der Waals surface area contributed by atoms with Crippen LogP contribution in [0.2, 0.25) is 5.02 Å². The summed E-state index contributed by atoms with van der Waals surface area (Å²) in [6.07, 6.45) is 0. The number of rotatable bonds is 5. The lowest BCUT2D eigenvalue weighted by Crippen LogP contribution is -2.41. The van der Waals surface area contributed by atoms with Gasteiger partial charge in [-0.1, -0.05) is 23.7 Å². The Labute approximate surface area is 161 Å². The minimum atomic E-state index is -1.11. The third-order valence-corrected chi connectivity index (χ3v) is 7.02. The second-order valence-corrected chi connectivity index (χ2v) is 9.26. The number of thioether (sulfide) groups is 2. The normalized spacial score (nSPS) is 15.2. The van der Waals surface area contributed by atoms with Crippen molar-refractivity contribution in [2.75, 3.05) is 11.5 Å². The summed E-state index contributed by atoms with van der Waals surface area (Å²) in [5, 5.41) is 0.617. The number of ether oxygens (including phenoxy) is 2. The summed E-state index contributed by atoms with van der Waals surface area (Å²) in [6, 6.07) is 14.6. The Hall–Kier alpha value is -1.30. The number of benzene rings is 2. The van der Waals surface area contributed by atoms with E-state index in [1.54, 1.807) is 38.1 Å². The fourth-order valence-electron chi connectivity index (χ4n) is 2.31. The van der Waals surface area contributed by atoms with Crippen LogP contribution in [0, 0.1) is 0 Å². The molecule has 3 nitrogen and oxygen atoms in total. The summed E-state index contributed by atoms with van der Waals surface area (Å²) in [6.45, 7) is 3.37. The molecule has 1 fully saturated rings. The Balaban J connectivity index is 1.62. The van der Waals surface area contributed by atoms with Gasteiger partial charge in [-0.3, -0.25) is 0 Å². The predicted octanol–water partition coefficient (Wildman–Crippen LogP) is 5.58. The van der Waals surface area contributed by atoms with Gasteiger partial charge < -0.3 is 9.47 Å². The molecule has 0 unspecified atom stereocenters. The Kier molecular flexibility index (Phi) is 5.87. The average Bonchev–Trinajstić information content (AvgIpc) is 3.12. The van der Waals surface area contributed by atoms with Crippen LogP contribution in [-0.2, 0) is 4.79 Å². The van der Waals surface area contributed by atoms with Crippen LogP contribution in [0.3, 0.4) is 0 Å². The van der Waals surface area contributed by atoms with Crippen molar-refractivity contribution in [3.63, 3.8) is 0 Å². The van der Waals surface area contributed by atoms with E-state index in [1.807, 2.05) is 47.8 Å². The van der Waals surface area contributed by atoms with Crippen molar-refractivity contribution in [2.24, 2.45) is 0 Å². The van der Waals surface area contributed by atoms with E-state index in [2.05, 4.69) is 0 Å². The van der Waals surface area contributed by atoms with Gasteiger partial charge in [0.2, 0.25) is 5.60 Å². The molecule has 0 atom stereocenters. The molecular formula is C19H19ClO3S2. The summed E-state index contributed by atoms with van der Waals surface area (Å²) in [7, 11) is 0. The van der Waals surface area contributed by atoms with E-state index in [1.165, 1.54) is 17.1 Å². The lowest BCUT2D eigenvalue weighted by Gasteiger charge is -2.24. The first kappa shape index (κ1) is 18.5. The maximum atomic E-state index is 12.5. The summed E-state index contributed by atoms with van der Waals surface area (Å²) < 4.78 is 11.7. The summed E-state index contributed by atoms with van der Waals surface area (Å²) in [4.78, 5) is 12.5. The maximum absolute atomic E-state index is 12.5. The first-order valence-electron chi connectivity index (χ1n) is 7.94. The van der Waals surface area contributed by atoms with Crippen molar-refractivity contribution < 1.29 is 14.3 Å². The fraction of sp³-hybridized carbons (Fsp3) is 0.316. The van der Waals surface area contributed by atoms with Crippen molar-refractivity contribution in [3.8, 4) is 11.5 Å². The molecule has 1 aliphatic rings. The second kappa shape index (κ2) is 7.94. The molecular weight excluding hydrogens is 376 g/mol. The Morgan fingerprint density at radius 2 is 1.56 bits per heavy atom. The minimum absolute atomic E-state index is 0.445. The highest BCUT2D eigenvalue weighted by Gasteiger charge is 2.32. The Morgan fingerprint density at radius 3 is 2.16 bits per heavy atom. The van der Waals surface area contributed by atoms with Gasteiger partial charge in [0.25, 0.3) is 0 Å². The molecule has 0 amide bonds. The largest absolute Gasteiger partial charge is 0.476 e. The monoisotopic (exact) mass is 394 g/mol. The summed E-state index contributed by atoms with van der Waals surface area (Å²) in [5.41, 5.74) is 0.146. The molecule has 25 heavy (non-hydrogen) atoms. The van der Waals surface area contributed by atoms with Gasteiger partial charge in [0, 0.05) is 16.5 Å². The minimum Gasteiger partial charge on any atom is -0.476 e. The van der Waals surface area contributed by atoms with Crippen LogP contribution in [0.15, 0.2) is 48.5 Å². The number of hydrogen-bond acceptors (Lipinski definition) is 5. The average molecular weight is 395 g/mol. The zero-order chi connectivity index (χ0) is 17.9. The van der Waals surface area contributed by atoms with E-state index >= 15 is 0 Å². The van der Waals surface area contributed by atoms with Crippen LogP contribution in [0.4, 0.5) is 0 Å². The van der Waals surface area contributed by atoms with Crippen LogP contribution in [0.25, 0.3) is 0 Å². The molecule has 0 aliphatic carbocycles. The van der Waals surface area contributed by atoms with E-state index in [4.69, 9.17) is 21.1 Å². The first-order chi connectivity index (χ1) is 11.9. The Bertz CT molecular complexity index is 723. The van der Waals surface area contributed by atoms with Crippen molar-refractivity contribution in [1.82, 2.24) is 0 Å². The van der Waals surface area contributed by atoms with Crippen molar-refractivity contribution in [3.05, 3.63) is 59.1 Å². The third-order valence-electron chi connectivity index (χ3n) is 3.66. The second-order valence-electron chi connectivity index (χ2n) is 6.10.